The summed E-state index contributed by atoms with van der Waals surface area (Å²) >= 11 is 1.07. The lowest BCUT2D eigenvalue weighted by Crippen LogP contribution is -2.01. The average Bonchev–Trinajstić information content (AvgIpc) is 3.31. The maximum Gasteiger partial charge on any atom is 0.192 e. The van der Waals surface area contributed by atoms with Crippen molar-refractivity contribution in [3.05, 3.63) is 55.1 Å². The molecule has 3 N–H and O–H groups in total. The topological polar surface area (TPSA) is 108 Å². The summed E-state index contributed by atoms with van der Waals surface area (Å²) in [6.45, 7) is 0. The minimum atomic E-state index is 0.589. The van der Waals surface area contributed by atoms with Gasteiger partial charge in [0, 0.05) is 24.4 Å². The van der Waals surface area contributed by atoms with E-state index in [9.17, 15) is 0 Å². The van der Waals surface area contributed by atoms with Crippen molar-refractivity contribution in [2.45, 2.75) is 0 Å². The fraction of sp³-hybridized carbons (Fsp3) is 0.105. The monoisotopic (exact) mass is 430 g/mol. The Morgan fingerprint density at radius 2 is 1.70 bits per heavy atom. The van der Waals surface area contributed by atoms with Crippen LogP contribution in [0.2, 0.25) is 0 Å². The molecule has 156 valence electrons. The highest BCUT2D eigenvalue weighted by molar-refractivity contribution is 7.93. The lowest BCUT2D eigenvalue weighted by Gasteiger charge is -2.09. The molecule has 0 saturated carbocycles. The van der Waals surface area contributed by atoms with Gasteiger partial charge in [-0.2, -0.15) is 0 Å². The molecule has 0 spiro atoms. The lowest BCUT2D eigenvalue weighted by molar-refractivity contribution is -0.160. The minimum Gasteiger partial charge on any atom is -0.496 e. The van der Waals surface area contributed by atoms with E-state index in [2.05, 4.69) is 38.0 Å². The molecular weight excluding hydrogens is 412 g/mol. The van der Waals surface area contributed by atoms with E-state index in [-0.39, 0.29) is 0 Å². The summed E-state index contributed by atoms with van der Waals surface area (Å²) in [7, 11) is 1.56. The first-order valence-corrected chi connectivity index (χ1v) is 9.58. The molecule has 11 heteroatoms. The van der Waals surface area contributed by atoms with Crippen LogP contribution in [0.3, 0.4) is 0 Å². The first kappa shape index (κ1) is 21.0. The molecular formula is C19H18N4O6S. The van der Waals surface area contributed by atoms with Crippen LogP contribution in [0.4, 0.5) is 17.1 Å². The van der Waals surface area contributed by atoms with E-state index in [0.29, 0.717) is 28.6 Å². The number of rotatable bonds is 10. The number of oxazole rings is 1. The van der Waals surface area contributed by atoms with Gasteiger partial charge in [-0.15, -0.1) is 9.32 Å². The quantitative estimate of drug-likeness (QED) is 0.141. The molecule has 0 atom stereocenters. The van der Waals surface area contributed by atoms with Gasteiger partial charge in [0.1, 0.15) is 5.75 Å². The number of aromatic nitrogens is 1. The maximum absolute atomic E-state index is 5.37. The number of methoxy groups -OCH3 is 1. The van der Waals surface area contributed by atoms with Crippen LogP contribution < -0.4 is 21.2 Å². The zero-order valence-corrected chi connectivity index (χ0v) is 16.8. The number of ether oxygens (including phenoxy) is 1. The third-order valence-corrected chi connectivity index (χ3v) is 3.71. The predicted molar refractivity (Wildman–Crippen MR) is 111 cm³/mol. The van der Waals surface area contributed by atoms with Gasteiger partial charge in [-0.05, 0) is 30.3 Å². The number of hydrogen-bond donors (Lipinski definition) is 3. The Labute approximate surface area is 176 Å². The molecule has 30 heavy (non-hydrogen) atoms. The van der Waals surface area contributed by atoms with Crippen LogP contribution in [-0.2, 0) is 19.0 Å². The van der Waals surface area contributed by atoms with Crippen molar-refractivity contribution in [1.82, 2.24) is 4.98 Å². The van der Waals surface area contributed by atoms with Crippen molar-refractivity contribution in [2.75, 3.05) is 29.8 Å². The SMILES string of the molecule is COc1cc(NOC#CONc2cccc(NOOSC)c2)ccc1-c1cnco1. The molecule has 1 aromatic heterocycles. The fourth-order valence-electron chi connectivity index (χ4n) is 2.26. The normalized spacial score (nSPS) is 9.80. The Hall–Kier alpha value is -3.72. The molecule has 0 aliphatic heterocycles. The number of nitrogens with one attached hydrogen (secondary N) is 3. The highest BCUT2D eigenvalue weighted by atomic mass is 32.2. The second kappa shape index (κ2) is 11.3. The summed E-state index contributed by atoms with van der Waals surface area (Å²) in [5, 5.41) is 0. The molecule has 3 aromatic rings. The van der Waals surface area contributed by atoms with Crippen LogP contribution in [0.5, 0.6) is 5.75 Å². The Morgan fingerprint density at radius 1 is 0.967 bits per heavy atom. The molecule has 10 nitrogen and oxygen atoms in total. The summed E-state index contributed by atoms with van der Waals surface area (Å²) in [4.78, 5) is 18.7. The van der Waals surface area contributed by atoms with Crippen molar-refractivity contribution in [2.24, 2.45) is 0 Å². The minimum absolute atomic E-state index is 0.589. The van der Waals surface area contributed by atoms with Gasteiger partial charge in [-0.3, -0.25) is 0 Å². The van der Waals surface area contributed by atoms with Crippen LogP contribution in [-0.4, -0.2) is 18.3 Å². The van der Waals surface area contributed by atoms with Gasteiger partial charge in [0.2, 0.25) is 0 Å². The average molecular weight is 430 g/mol. The van der Waals surface area contributed by atoms with Gasteiger partial charge in [-0.25, -0.2) is 21.4 Å². The molecule has 0 unspecified atom stereocenters. The number of anilines is 3. The number of nitrogens with zero attached hydrogens (tertiary/aromatic N) is 1. The Bertz CT molecular complexity index is 990. The molecule has 3 rings (SSSR count). The Balaban J connectivity index is 1.46. The molecule has 0 radical (unpaired) electrons. The molecule has 0 amide bonds. The summed E-state index contributed by atoms with van der Waals surface area (Å²) in [5.74, 6) is 1.19. The van der Waals surface area contributed by atoms with Gasteiger partial charge in [-0.1, -0.05) is 6.07 Å². The molecule has 0 aliphatic carbocycles. The van der Waals surface area contributed by atoms with Crippen molar-refractivity contribution in [3.63, 3.8) is 0 Å². The van der Waals surface area contributed by atoms with E-state index in [4.69, 9.17) is 23.8 Å². The van der Waals surface area contributed by atoms with Crippen molar-refractivity contribution in [3.8, 4) is 29.3 Å². The van der Waals surface area contributed by atoms with Crippen LogP contribution >= 0.6 is 12.0 Å². The standard InChI is InChI=1S/C19H18N4O6S/c1-24-18-11-16(6-7-17(18)19-12-20-13-25-19)22-27-9-8-26-21-14-4-3-5-15(10-14)23-28-29-30-2/h3-7,10-13,21-23H,1-2H3. The lowest BCUT2D eigenvalue weighted by atomic mass is 10.1. The van der Waals surface area contributed by atoms with Crippen molar-refractivity contribution in [1.29, 1.82) is 0 Å². The highest BCUT2D eigenvalue weighted by Gasteiger charge is 2.09. The Kier molecular flexibility index (Phi) is 7.93. The smallest absolute Gasteiger partial charge is 0.192 e. The second-order valence-corrected chi connectivity index (χ2v) is 5.86. The molecule has 0 bridgehead atoms. The zero-order chi connectivity index (χ0) is 21.0. The molecule has 0 saturated heterocycles. The van der Waals surface area contributed by atoms with E-state index >= 15 is 0 Å². The third kappa shape index (κ3) is 6.14. The summed E-state index contributed by atoms with van der Waals surface area (Å²) in [6.07, 6.45) is 9.41. The van der Waals surface area contributed by atoms with E-state index in [1.807, 2.05) is 6.07 Å². The fourth-order valence-corrected chi connectivity index (χ4v) is 2.36. The second-order valence-electron chi connectivity index (χ2n) is 5.39. The van der Waals surface area contributed by atoms with Crippen molar-refractivity contribution < 1.29 is 28.2 Å². The van der Waals surface area contributed by atoms with E-state index in [1.54, 1.807) is 56.0 Å². The van der Waals surface area contributed by atoms with E-state index in [1.165, 1.54) is 6.39 Å². The third-order valence-electron chi connectivity index (χ3n) is 3.50. The number of hydrogen-bond acceptors (Lipinski definition) is 11. The van der Waals surface area contributed by atoms with Gasteiger partial charge in [0.15, 0.2) is 24.4 Å². The largest absolute Gasteiger partial charge is 0.496 e. The molecule has 2 aromatic carbocycles. The van der Waals surface area contributed by atoms with E-state index in [0.717, 1.165) is 17.6 Å². The Morgan fingerprint density at radius 3 is 2.37 bits per heavy atom. The predicted octanol–water partition coefficient (Wildman–Crippen LogP) is 4.21. The summed E-state index contributed by atoms with van der Waals surface area (Å²) in [5.41, 5.74) is 10.6. The molecule has 1 heterocycles. The van der Waals surface area contributed by atoms with Gasteiger partial charge in [0.05, 0.1) is 35.9 Å². The van der Waals surface area contributed by atoms with E-state index < -0.39 is 0 Å². The number of benzene rings is 2. The van der Waals surface area contributed by atoms with Crippen LogP contribution in [0, 0.1) is 12.2 Å². The van der Waals surface area contributed by atoms with Gasteiger partial charge in [0.25, 0.3) is 0 Å². The first-order valence-electron chi connectivity index (χ1n) is 8.43. The highest BCUT2D eigenvalue weighted by Crippen LogP contribution is 2.32. The maximum atomic E-state index is 5.37. The van der Waals surface area contributed by atoms with Crippen LogP contribution in [0.15, 0.2) is 59.5 Å². The van der Waals surface area contributed by atoms with Gasteiger partial charge >= 0.3 is 0 Å². The molecule has 0 aliphatic rings. The summed E-state index contributed by atoms with van der Waals surface area (Å²) in [6, 6.07) is 12.4. The van der Waals surface area contributed by atoms with Crippen LogP contribution in [0.1, 0.15) is 0 Å². The molecule has 0 fully saturated rings. The first-order chi connectivity index (χ1) is 14.8. The zero-order valence-electron chi connectivity index (χ0n) is 16.0. The van der Waals surface area contributed by atoms with Crippen molar-refractivity contribution >= 4 is 29.1 Å². The van der Waals surface area contributed by atoms with Crippen LogP contribution in [0.25, 0.3) is 11.3 Å². The summed E-state index contributed by atoms with van der Waals surface area (Å²) < 4.78 is 15.3. The van der Waals surface area contributed by atoms with Gasteiger partial charge < -0.3 is 18.8 Å².